The molecule has 0 unspecified atom stereocenters. The molecule has 1 saturated carbocycles. The third kappa shape index (κ3) is 8.29. The van der Waals surface area contributed by atoms with Crippen LogP contribution in [0.2, 0.25) is 0 Å². The van der Waals surface area contributed by atoms with Crippen molar-refractivity contribution in [3.05, 3.63) is 56.5 Å². The summed E-state index contributed by atoms with van der Waals surface area (Å²) in [7, 11) is 0. The Hall–Kier alpha value is -2.50. The summed E-state index contributed by atoms with van der Waals surface area (Å²) in [5.41, 5.74) is 6.77. The van der Waals surface area contributed by atoms with E-state index in [1.54, 1.807) is 24.3 Å². The van der Waals surface area contributed by atoms with E-state index >= 15 is 0 Å². The minimum Gasteiger partial charge on any atom is -0.482 e. The second kappa shape index (κ2) is 13.0. The molecule has 0 heterocycles. The van der Waals surface area contributed by atoms with Gasteiger partial charge in [0.05, 0.1) is 4.47 Å². The van der Waals surface area contributed by atoms with Crippen molar-refractivity contribution < 1.29 is 19.1 Å². The molecule has 3 rings (SSSR count). The van der Waals surface area contributed by atoms with E-state index in [2.05, 4.69) is 53.3 Å². The van der Waals surface area contributed by atoms with Crippen LogP contribution < -0.4 is 26.2 Å². The predicted molar refractivity (Wildman–Crippen MR) is 145 cm³/mol. The van der Waals surface area contributed by atoms with E-state index in [-0.39, 0.29) is 23.5 Å². The highest BCUT2D eigenvalue weighted by atomic mass is 79.9. The fourth-order valence-corrected chi connectivity index (χ4v) is 5.42. The number of aryl methyl sites for hydroxylation is 1. The van der Waals surface area contributed by atoms with E-state index in [9.17, 15) is 14.4 Å². The lowest BCUT2D eigenvalue weighted by molar-refractivity contribution is -0.122. The summed E-state index contributed by atoms with van der Waals surface area (Å²) in [6.07, 6.45) is 5.19. The summed E-state index contributed by atoms with van der Waals surface area (Å²) < 4.78 is 7.17. The number of thiocarbonyl (C=S) groups is 1. The number of carbonyl (C=O) groups excluding carboxylic acids is 3. The number of ether oxygens (including phenoxy) is 1. The minimum atomic E-state index is -0.482. The number of amides is 3. The van der Waals surface area contributed by atoms with Crippen LogP contribution in [0, 0.1) is 12.8 Å². The third-order valence-corrected chi connectivity index (χ3v) is 6.73. The summed E-state index contributed by atoms with van der Waals surface area (Å²) in [5.74, 6) is -0.301. The van der Waals surface area contributed by atoms with Crippen molar-refractivity contribution in [2.45, 2.75) is 39.0 Å². The van der Waals surface area contributed by atoms with Gasteiger partial charge in [0.1, 0.15) is 5.75 Å². The number of carbonyl (C=O) groups is 3. The van der Waals surface area contributed by atoms with Crippen molar-refractivity contribution >= 4 is 72.6 Å². The molecule has 1 aliphatic rings. The highest BCUT2D eigenvalue weighted by molar-refractivity contribution is 9.11. The summed E-state index contributed by atoms with van der Waals surface area (Å²) in [6.45, 7) is 1.60. The first kappa shape index (κ1) is 27.1. The van der Waals surface area contributed by atoms with Gasteiger partial charge in [-0.3, -0.25) is 30.6 Å². The van der Waals surface area contributed by atoms with Crippen molar-refractivity contribution in [2.24, 2.45) is 5.92 Å². The van der Waals surface area contributed by atoms with E-state index < -0.39 is 11.8 Å². The standard InChI is InChI=1S/C24H26Br2N4O4S/c1-14-11-17(25)12-19(26)21(14)34-13-20(31)28-24(35)30-29-23(33)16-7-9-18(10-8-16)27-22(32)15-5-3-2-4-6-15/h7-12,15H,2-6,13H2,1H3,(H,27,32)(H,29,33)(H2,28,30,31,35). The quantitative estimate of drug-likeness (QED) is 0.273. The fraction of sp³-hybridized carbons (Fsp3) is 0.333. The number of hydrogen-bond donors (Lipinski definition) is 4. The second-order valence-corrected chi connectivity index (χ2v) is 10.4. The van der Waals surface area contributed by atoms with Crippen LogP contribution in [0.25, 0.3) is 0 Å². The Balaban J connectivity index is 1.41. The number of anilines is 1. The number of hydrazine groups is 1. The van der Waals surface area contributed by atoms with E-state index in [0.29, 0.717) is 21.5 Å². The largest absolute Gasteiger partial charge is 0.482 e. The van der Waals surface area contributed by atoms with Gasteiger partial charge in [-0.15, -0.1) is 0 Å². The lowest BCUT2D eigenvalue weighted by atomic mass is 9.88. The molecule has 3 amide bonds. The highest BCUT2D eigenvalue weighted by Gasteiger charge is 2.21. The molecular formula is C24H26Br2N4O4S. The van der Waals surface area contributed by atoms with Gasteiger partial charge < -0.3 is 10.1 Å². The molecule has 0 saturated heterocycles. The number of nitrogens with one attached hydrogen (secondary N) is 4. The molecule has 0 radical (unpaired) electrons. The average molecular weight is 626 g/mol. The lowest BCUT2D eigenvalue weighted by Crippen LogP contribution is -2.49. The van der Waals surface area contributed by atoms with Crippen LogP contribution in [0.15, 0.2) is 45.3 Å². The topological polar surface area (TPSA) is 109 Å². The first-order valence-electron chi connectivity index (χ1n) is 11.1. The van der Waals surface area contributed by atoms with Crippen molar-refractivity contribution in [3.8, 4) is 5.75 Å². The van der Waals surface area contributed by atoms with Gasteiger partial charge in [0.15, 0.2) is 11.7 Å². The van der Waals surface area contributed by atoms with Gasteiger partial charge in [-0.2, -0.15) is 0 Å². The highest BCUT2D eigenvalue weighted by Crippen LogP contribution is 2.32. The Bertz CT molecular complexity index is 1080. The number of rotatable bonds is 6. The predicted octanol–water partition coefficient (Wildman–Crippen LogP) is 4.75. The molecular weight excluding hydrogens is 600 g/mol. The smallest absolute Gasteiger partial charge is 0.269 e. The Labute approximate surface area is 226 Å². The zero-order chi connectivity index (χ0) is 25.4. The van der Waals surface area contributed by atoms with E-state index in [1.807, 2.05) is 19.1 Å². The zero-order valence-corrected chi connectivity index (χ0v) is 23.1. The van der Waals surface area contributed by atoms with Gasteiger partial charge in [-0.1, -0.05) is 35.2 Å². The Morgan fingerprint density at radius 3 is 2.37 bits per heavy atom. The molecule has 35 heavy (non-hydrogen) atoms. The summed E-state index contributed by atoms with van der Waals surface area (Å²) in [5, 5.41) is 5.28. The van der Waals surface area contributed by atoms with E-state index in [1.165, 1.54) is 6.42 Å². The van der Waals surface area contributed by atoms with Crippen molar-refractivity contribution in [1.29, 1.82) is 0 Å². The van der Waals surface area contributed by atoms with Crippen LogP contribution in [0.5, 0.6) is 5.75 Å². The summed E-state index contributed by atoms with van der Waals surface area (Å²) >= 11 is 11.8. The van der Waals surface area contributed by atoms with Gasteiger partial charge >= 0.3 is 0 Å². The monoisotopic (exact) mass is 624 g/mol. The van der Waals surface area contributed by atoms with Crippen LogP contribution in [0.1, 0.15) is 48.0 Å². The van der Waals surface area contributed by atoms with Crippen molar-refractivity contribution in [1.82, 2.24) is 16.2 Å². The maximum Gasteiger partial charge on any atom is 0.269 e. The molecule has 4 N–H and O–H groups in total. The van der Waals surface area contributed by atoms with Crippen LogP contribution in [0.4, 0.5) is 5.69 Å². The molecule has 8 nitrogen and oxygen atoms in total. The molecule has 1 fully saturated rings. The lowest BCUT2D eigenvalue weighted by Gasteiger charge is -2.20. The van der Waals surface area contributed by atoms with Crippen LogP contribution in [0.3, 0.4) is 0 Å². The third-order valence-electron chi connectivity index (χ3n) is 5.47. The fourth-order valence-electron chi connectivity index (χ4n) is 3.70. The van der Waals surface area contributed by atoms with Gasteiger partial charge in [-0.25, -0.2) is 0 Å². The Kier molecular flexibility index (Phi) is 10.1. The molecule has 0 bridgehead atoms. The van der Waals surface area contributed by atoms with Crippen LogP contribution in [-0.4, -0.2) is 29.4 Å². The summed E-state index contributed by atoms with van der Waals surface area (Å²) in [4.78, 5) is 36.9. The molecule has 0 aromatic heterocycles. The molecule has 0 aliphatic heterocycles. The maximum absolute atomic E-state index is 12.4. The Morgan fingerprint density at radius 2 is 1.71 bits per heavy atom. The Morgan fingerprint density at radius 1 is 1.03 bits per heavy atom. The first-order chi connectivity index (χ1) is 16.7. The van der Waals surface area contributed by atoms with Gasteiger partial charge in [0, 0.05) is 21.6 Å². The van der Waals surface area contributed by atoms with Crippen molar-refractivity contribution in [2.75, 3.05) is 11.9 Å². The SMILES string of the molecule is Cc1cc(Br)cc(Br)c1OCC(=O)NC(=S)NNC(=O)c1ccc(NC(=O)C2CCCCC2)cc1. The molecule has 2 aromatic rings. The molecule has 2 aromatic carbocycles. The van der Waals surface area contributed by atoms with Crippen LogP contribution >= 0.6 is 44.1 Å². The molecule has 0 atom stereocenters. The zero-order valence-electron chi connectivity index (χ0n) is 19.1. The second-order valence-electron chi connectivity index (χ2n) is 8.18. The molecule has 186 valence electrons. The normalized spacial score (nSPS) is 13.5. The van der Waals surface area contributed by atoms with E-state index in [0.717, 1.165) is 35.7 Å². The molecule has 11 heteroatoms. The first-order valence-corrected chi connectivity index (χ1v) is 13.1. The van der Waals surface area contributed by atoms with E-state index in [4.69, 9.17) is 17.0 Å². The van der Waals surface area contributed by atoms with Gasteiger partial charge in [0.25, 0.3) is 11.8 Å². The van der Waals surface area contributed by atoms with Crippen LogP contribution in [-0.2, 0) is 9.59 Å². The average Bonchev–Trinajstić information content (AvgIpc) is 2.83. The maximum atomic E-state index is 12.4. The molecule has 1 aliphatic carbocycles. The number of halogens is 2. The number of benzene rings is 2. The minimum absolute atomic E-state index is 0.0243. The number of hydrogen-bond acceptors (Lipinski definition) is 5. The van der Waals surface area contributed by atoms with Gasteiger partial charge in [0.2, 0.25) is 5.91 Å². The summed E-state index contributed by atoms with van der Waals surface area (Å²) in [6, 6.07) is 10.2. The molecule has 0 spiro atoms. The van der Waals surface area contributed by atoms with Gasteiger partial charge in [-0.05, 0) is 89.9 Å². The van der Waals surface area contributed by atoms with Crippen molar-refractivity contribution in [3.63, 3.8) is 0 Å².